The maximum atomic E-state index is 13.2. The molecule has 0 unspecified atom stereocenters. The summed E-state index contributed by atoms with van der Waals surface area (Å²) >= 11 is 6.16. The highest BCUT2D eigenvalue weighted by atomic mass is 35.5. The fourth-order valence-electron chi connectivity index (χ4n) is 3.43. The Hall–Kier alpha value is -2.08. The van der Waals surface area contributed by atoms with Crippen molar-refractivity contribution in [3.05, 3.63) is 58.6 Å². The number of hydrogen-bond donors (Lipinski definition) is 0. The van der Waals surface area contributed by atoms with E-state index in [4.69, 9.17) is 25.8 Å². The van der Waals surface area contributed by atoms with E-state index in [2.05, 4.69) is 0 Å². The molecular formula is C20H20ClNO4. The highest BCUT2D eigenvalue weighted by molar-refractivity contribution is 6.31. The first kappa shape index (κ1) is 17.3. The molecule has 136 valence electrons. The second kappa shape index (κ2) is 6.58. The summed E-state index contributed by atoms with van der Waals surface area (Å²) < 4.78 is 17.4. The molecule has 1 spiro atoms. The average molecular weight is 374 g/mol. The van der Waals surface area contributed by atoms with E-state index >= 15 is 0 Å². The van der Waals surface area contributed by atoms with Crippen molar-refractivity contribution < 1.29 is 19.0 Å². The molecule has 0 saturated carbocycles. The molecule has 0 atom stereocenters. The molecule has 0 radical (unpaired) electrons. The van der Waals surface area contributed by atoms with E-state index in [0.717, 1.165) is 17.0 Å². The number of ether oxygens (including phenoxy) is 3. The van der Waals surface area contributed by atoms with Crippen molar-refractivity contribution in [2.24, 2.45) is 0 Å². The molecule has 1 fully saturated rings. The number of carbonyl (C=O) groups excluding carboxylic acids is 1. The van der Waals surface area contributed by atoms with Crippen LogP contribution in [0.15, 0.2) is 42.5 Å². The second-order valence-corrected chi connectivity index (χ2v) is 7.08. The molecule has 0 bridgehead atoms. The SMILES string of the molecule is CC(C)Oc1ccccc1CN1C(=O)C2(OCCO2)c2cc(Cl)ccc21. The number of fused-ring (bicyclic) bond motifs is 2. The number of anilines is 1. The van der Waals surface area contributed by atoms with Crippen molar-refractivity contribution >= 4 is 23.2 Å². The molecule has 0 aliphatic carbocycles. The van der Waals surface area contributed by atoms with Gasteiger partial charge in [-0.05, 0) is 38.1 Å². The summed E-state index contributed by atoms with van der Waals surface area (Å²) in [6.45, 7) is 5.07. The predicted molar refractivity (Wildman–Crippen MR) is 98.4 cm³/mol. The van der Waals surface area contributed by atoms with Gasteiger partial charge in [0.05, 0.1) is 31.5 Å². The van der Waals surface area contributed by atoms with Gasteiger partial charge in [-0.25, -0.2) is 0 Å². The van der Waals surface area contributed by atoms with E-state index in [1.807, 2.05) is 44.2 Å². The topological polar surface area (TPSA) is 48.0 Å². The fraction of sp³-hybridized carbons (Fsp3) is 0.350. The first-order valence-corrected chi connectivity index (χ1v) is 9.03. The molecule has 2 aromatic rings. The lowest BCUT2D eigenvalue weighted by Crippen LogP contribution is -2.41. The first-order valence-electron chi connectivity index (χ1n) is 8.66. The van der Waals surface area contributed by atoms with Crippen LogP contribution in [0.25, 0.3) is 0 Å². The molecule has 0 aromatic heterocycles. The van der Waals surface area contributed by atoms with Gasteiger partial charge in [0.2, 0.25) is 0 Å². The molecule has 1 amide bonds. The molecule has 2 aliphatic heterocycles. The number of nitrogens with zero attached hydrogens (tertiary/aromatic N) is 1. The molecular weight excluding hydrogens is 354 g/mol. The summed E-state index contributed by atoms with van der Waals surface area (Å²) in [4.78, 5) is 14.9. The summed E-state index contributed by atoms with van der Waals surface area (Å²) in [6, 6.07) is 13.1. The summed E-state index contributed by atoms with van der Waals surface area (Å²) in [5.41, 5.74) is 2.33. The highest BCUT2D eigenvalue weighted by Crippen LogP contribution is 2.47. The van der Waals surface area contributed by atoms with Crippen LogP contribution < -0.4 is 9.64 Å². The van der Waals surface area contributed by atoms with E-state index in [1.165, 1.54) is 0 Å². The van der Waals surface area contributed by atoms with E-state index in [-0.39, 0.29) is 12.0 Å². The van der Waals surface area contributed by atoms with Gasteiger partial charge in [-0.3, -0.25) is 4.79 Å². The van der Waals surface area contributed by atoms with Gasteiger partial charge in [-0.2, -0.15) is 0 Å². The zero-order valence-corrected chi connectivity index (χ0v) is 15.5. The normalized spacial score (nSPS) is 18.0. The summed E-state index contributed by atoms with van der Waals surface area (Å²) in [7, 11) is 0. The number of halogens is 1. The van der Waals surface area contributed by atoms with Crippen LogP contribution in [0, 0.1) is 0 Å². The number of rotatable bonds is 4. The number of amides is 1. The minimum atomic E-state index is -1.38. The van der Waals surface area contributed by atoms with E-state index < -0.39 is 5.79 Å². The number of benzene rings is 2. The zero-order valence-electron chi connectivity index (χ0n) is 14.7. The summed E-state index contributed by atoms with van der Waals surface area (Å²) in [6.07, 6.45) is 0.0457. The fourth-order valence-corrected chi connectivity index (χ4v) is 3.60. The van der Waals surface area contributed by atoms with Crippen molar-refractivity contribution in [2.75, 3.05) is 18.1 Å². The van der Waals surface area contributed by atoms with Crippen molar-refractivity contribution in [1.82, 2.24) is 0 Å². The molecule has 2 aliphatic rings. The van der Waals surface area contributed by atoms with Gasteiger partial charge in [0.1, 0.15) is 5.75 Å². The minimum Gasteiger partial charge on any atom is -0.491 e. The van der Waals surface area contributed by atoms with Gasteiger partial charge in [-0.1, -0.05) is 29.8 Å². The lowest BCUT2D eigenvalue weighted by atomic mass is 10.1. The monoisotopic (exact) mass is 373 g/mol. The van der Waals surface area contributed by atoms with Crippen LogP contribution in [0.5, 0.6) is 5.75 Å². The van der Waals surface area contributed by atoms with Gasteiger partial charge in [0.25, 0.3) is 11.7 Å². The second-order valence-electron chi connectivity index (χ2n) is 6.64. The largest absolute Gasteiger partial charge is 0.491 e. The first-order chi connectivity index (χ1) is 12.5. The molecule has 0 N–H and O–H groups in total. The van der Waals surface area contributed by atoms with Gasteiger partial charge in [0.15, 0.2) is 0 Å². The Bertz CT molecular complexity index is 845. The molecule has 26 heavy (non-hydrogen) atoms. The van der Waals surface area contributed by atoms with Crippen LogP contribution in [0.2, 0.25) is 5.02 Å². The third-order valence-corrected chi connectivity index (χ3v) is 4.72. The Balaban J connectivity index is 1.74. The Morgan fingerprint density at radius 1 is 1.19 bits per heavy atom. The molecule has 6 heteroatoms. The third kappa shape index (κ3) is 2.76. The van der Waals surface area contributed by atoms with Crippen molar-refractivity contribution in [3.8, 4) is 5.75 Å². The van der Waals surface area contributed by atoms with Gasteiger partial charge in [0, 0.05) is 16.1 Å². The lowest BCUT2D eigenvalue weighted by molar-refractivity contribution is -0.180. The number of para-hydroxylation sites is 1. The minimum absolute atomic E-state index is 0.0457. The van der Waals surface area contributed by atoms with Crippen LogP contribution in [0.1, 0.15) is 25.0 Å². The molecule has 2 aromatic carbocycles. The quantitative estimate of drug-likeness (QED) is 0.816. The lowest BCUT2D eigenvalue weighted by Gasteiger charge is -2.23. The summed E-state index contributed by atoms with van der Waals surface area (Å²) in [5.74, 6) is -0.847. The smallest absolute Gasteiger partial charge is 0.292 e. The Kier molecular flexibility index (Phi) is 4.39. The Morgan fingerprint density at radius 3 is 2.65 bits per heavy atom. The van der Waals surface area contributed by atoms with Crippen LogP contribution in [-0.4, -0.2) is 25.2 Å². The van der Waals surface area contributed by atoms with Crippen molar-refractivity contribution in [1.29, 1.82) is 0 Å². The maximum absolute atomic E-state index is 13.2. The van der Waals surface area contributed by atoms with Crippen LogP contribution in [-0.2, 0) is 26.6 Å². The predicted octanol–water partition coefficient (Wildman–Crippen LogP) is 3.87. The highest BCUT2D eigenvalue weighted by Gasteiger charge is 2.56. The molecule has 5 nitrogen and oxygen atoms in total. The Labute approximate surface area is 157 Å². The van der Waals surface area contributed by atoms with E-state index in [0.29, 0.717) is 30.3 Å². The van der Waals surface area contributed by atoms with Gasteiger partial charge >= 0.3 is 0 Å². The van der Waals surface area contributed by atoms with E-state index in [9.17, 15) is 4.79 Å². The Morgan fingerprint density at radius 2 is 1.92 bits per heavy atom. The molecule has 2 heterocycles. The summed E-state index contributed by atoms with van der Waals surface area (Å²) in [5, 5.41) is 0.542. The van der Waals surface area contributed by atoms with Gasteiger partial charge < -0.3 is 19.1 Å². The van der Waals surface area contributed by atoms with Crippen LogP contribution >= 0.6 is 11.6 Å². The van der Waals surface area contributed by atoms with Crippen molar-refractivity contribution in [3.63, 3.8) is 0 Å². The number of hydrogen-bond acceptors (Lipinski definition) is 4. The van der Waals surface area contributed by atoms with Crippen LogP contribution in [0.4, 0.5) is 5.69 Å². The number of carbonyl (C=O) groups is 1. The van der Waals surface area contributed by atoms with Crippen LogP contribution in [0.3, 0.4) is 0 Å². The molecule has 4 rings (SSSR count). The molecule has 1 saturated heterocycles. The maximum Gasteiger partial charge on any atom is 0.292 e. The standard InChI is InChI=1S/C20H20ClNO4/c1-13(2)26-18-6-4-3-5-14(18)12-22-17-8-7-15(21)11-16(17)20(19(22)23)24-9-10-25-20/h3-8,11,13H,9-10,12H2,1-2H3. The van der Waals surface area contributed by atoms with Gasteiger partial charge in [-0.15, -0.1) is 0 Å². The third-order valence-electron chi connectivity index (χ3n) is 4.49. The average Bonchev–Trinajstić information content (AvgIpc) is 3.18. The van der Waals surface area contributed by atoms with Crippen molar-refractivity contribution in [2.45, 2.75) is 32.3 Å². The zero-order chi connectivity index (χ0) is 18.3. The van der Waals surface area contributed by atoms with E-state index in [1.54, 1.807) is 17.0 Å².